The van der Waals surface area contributed by atoms with Crippen molar-refractivity contribution in [2.75, 3.05) is 6.61 Å². The molecule has 22 heavy (non-hydrogen) atoms. The highest BCUT2D eigenvalue weighted by atomic mass is 16.6. The number of rotatable bonds is 4. The van der Waals surface area contributed by atoms with Crippen molar-refractivity contribution in [3.8, 4) is 0 Å². The zero-order chi connectivity index (χ0) is 16.2. The van der Waals surface area contributed by atoms with Crippen LogP contribution in [0, 0.1) is 0 Å². The lowest BCUT2D eigenvalue weighted by Gasteiger charge is -2.19. The number of fused-ring (bicyclic) bond motifs is 1. The van der Waals surface area contributed by atoms with Crippen molar-refractivity contribution < 1.29 is 14.6 Å². The van der Waals surface area contributed by atoms with Crippen LogP contribution in [0.5, 0.6) is 0 Å². The van der Waals surface area contributed by atoms with Gasteiger partial charge in [-0.25, -0.2) is 4.79 Å². The molecule has 4 nitrogen and oxygen atoms in total. The topological polar surface area (TPSA) is 51.5 Å². The molecule has 0 aliphatic heterocycles. The monoisotopic (exact) mass is 301 g/mol. The molecule has 0 bridgehead atoms. The zero-order valence-corrected chi connectivity index (χ0v) is 13.4. The second kappa shape index (κ2) is 6.79. The van der Waals surface area contributed by atoms with E-state index in [1.807, 2.05) is 57.2 Å². The second-order valence-corrected chi connectivity index (χ2v) is 6.25. The third-order valence-electron chi connectivity index (χ3n) is 3.14. The van der Waals surface area contributed by atoms with E-state index < -0.39 is 5.60 Å². The predicted molar refractivity (Wildman–Crippen MR) is 88.9 cm³/mol. The molecule has 0 radical (unpaired) electrons. The Morgan fingerprint density at radius 1 is 1.32 bits per heavy atom. The van der Waals surface area contributed by atoms with Crippen LogP contribution in [0.2, 0.25) is 0 Å². The van der Waals surface area contributed by atoms with Crippen LogP contribution < -0.4 is 0 Å². The van der Waals surface area contributed by atoms with Crippen molar-refractivity contribution in [2.24, 2.45) is 0 Å². The maximum Gasteiger partial charge on any atom is 0.418 e. The maximum absolute atomic E-state index is 12.2. The summed E-state index contributed by atoms with van der Waals surface area (Å²) in [5.41, 5.74) is 1.40. The fourth-order valence-corrected chi connectivity index (χ4v) is 2.16. The number of unbranched alkanes of at least 4 members (excludes halogenated alkanes) is 1. The number of benzene rings is 1. The van der Waals surface area contributed by atoms with E-state index in [1.165, 1.54) is 4.57 Å². The summed E-state index contributed by atoms with van der Waals surface area (Å²) in [6.45, 7) is 5.77. The smallest absolute Gasteiger partial charge is 0.418 e. The highest BCUT2D eigenvalue weighted by Gasteiger charge is 2.18. The molecule has 0 spiro atoms. The van der Waals surface area contributed by atoms with E-state index in [9.17, 15) is 4.79 Å². The Morgan fingerprint density at radius 2 is 2.09 bits per heavy atom. The van der Waals surface area contributed by atoms with Crippen LogP contribution in [-0.2, 0) is 4.74 Å². The average molecular weight is 301 g/mol. The van der Waals surface area contributed by atoms with Gasteiger partial charge < -0.3 is 9.84 Å². The molecule has 0 saturated carbocycles. The molecular weight excluding hydrogens is 278 g/mol. The van der Waals surface area contributed by atoms with Gasteiger partial charge in [0.1, 0.15) is 5.60 Å². The van der Waals surface area contributed by atoms with E-state index >= 15 is 0 Å². The molecule has 0 atom stereocenters. The van der Waals surface area contributed by atoms with Crippen molar-refractivity contribution in [2.45, 2.75) is 39.2 Å². The fraction of sp³-hybridized carbons (Fsp3) is 0.389. The number of carbonyl (C=O) groups is 1. The first kappa shape index (κ1) is 16.3. The maximum atomic E-state index is 12.2. The molecule has 0 unspecified atom stereocenters. The van der Waals surface area contributed by atoms with Crippen LogP contribution in [0.1, 0.15) is 39.2 Å². The van der Waals surface area contributed by atoms with Crippen molar-refractivity contribution >= 4 is 23.1 Å². The van der Waals surface area contributed by atoms with Gasteiger partial charge in [-0.2, -0.15) is 0 Å². The number of nitrogens with zero attached hydrogens (tertiary/aromatic N) is 1. The van der Waals surface area contributed by atoms with Gasteiger partial charge in [-0.3, -0.25) is 4.57 Å². The molecule has 118 valence electrons. The minimum Gasteiger partial charge on any atom is -0.443 e. The lowest BCUT2D eigenvalue weighted by atomic mass is 10.1. The molecule has 2 rings (SSSR count). The minimum atomic E-state index is -0.511. The summed E-state index contributed by atoms with van der Waals surface area (Å²) < 4.78 is 6.93. The van der Waals surface area contributed by atoms with Crippen LogP contribution in [0.4, 0.5) is 4.79 Å². The standard InChI is InChI=1S/C18H23NO3/c1-18(2,3)22-17(21)19-11-10-15-13-14(8-9-16(15)19)7-5-4-6-12-20/h5,7-11,13,20H,4,6,12H2,1-3H3/b7-5+. The van der Waals surface area contributed by atoms with Crippen LogP contribution in [-0.4, -0.2) is 28.0 Å². The van der Waals surface area contributed by atoms with Crippen molar-refractivity contribution in [3.05, 3.63) is 42.1 Å². The van der Waals surface area contributed by atoms with Gasteiger partial charge in [0.2, 0.25) is 0 Å². The number of aliphatic hydroxyl groups is 1. The van der Waals surface area contributed by atoms with Crippen molar-refractivity contribution in [1.29, 1.82) is 0 Å². The van der Waals surface area contributed by atoms with Crippen LogP contribution in [0.3, 0.4) is 0 Å². The zero-order valence-electron chi connectivity index (χ0n) is 13.4. The highest BCUT2D eigenvalue weighted by Crippen LogP contribution is 2.20. The van der Waals surface area contributed by atoms with Gasteiger partial charge in [-0.15, -0.1) is 0 Å². The first-order valence-corrected chi connectivity index (χ1v) is 7.52. The Bertz CT molecular complexity index is 677. The van der Waals surface area contributed by atoms with Crippen molar-refractivity contribution in [1.82, 2.24) is 4.57 Å². The number of allylic oxidation sites excluding steroid dienone is 1. The van der Waals surface area contributed by atoms with E-state index in [0.717, 1.165) is 29.3 Å². The SMILES string of the molecule is CC(C)(C)OC(=O)n1ccc2cc(/C=C/CCCO)ccc21. The van der Waals surface area contributed by atoms with Gasteiger partial charge in [0.25, 0.3) is 0 Å². The summed E-state index contributed by atoms with van der Waals surface area (Å²) in [5, 5.41) is 9.76. The lowest BCUT2D eigenvalue weighted by molar-refractivity contribution is 0.0544. The predicted octanol–water partition coefficient (Wildman–Crippen LogP) is 4.21. The van der Waals surface area contributed by atoms with Gasteiger partial charge in [0.15, 0.2) is 0 Å². The molecule has 1 heterocycles. The highest BCUT2D eigenvalue weighted by molar-refractivity contribution is 5.90. The van der Waals surface area contributed by atoms with Crippen LogP contribution in [0.25, 0.3) is 17.0 Å². The van der Waals surface area contributed by atoms with E-state index in [-0.39, 0.29) is 12.7 Å². The average Bonchev–Trinajstić information content (AvgIpc) is 2.85. The summed E-state index contributed by atoms with van der Waals surface area (Å²) >= 11 is 0. The molecule has 0 aliphatic rings. The molecule has 4 heteroatoms. The lowest BCUT2D eigenvalue weighted by Crippen LogP contribution is -2.26. The number of ether oxygens (including phenoxy) is 1. The fourth-order valence-electron chi connectivity index (χ4n) is 2.16. The minimum absolute atomic E-state index is 0.210. The third-order valence-corrected chi connectivity index (χ3v) is 3.14. The van der Waals surface area contributed by atoms with Gasteiger partial charge >= 0.3 is 6.09 Å². The molecule has 0 amide bonds. The number of carbonyl (C=O) groups excluding carboxylic acids is 1. The van der Waals surface area contributed by atoms with Gasteiger partial charge in [-0.05, 0) is 57.4 Å². The van der Waals surface area contributed by atoms with E-state index in [2.05, 4.69) is 0 Å². The molecule has 0 fully saturated rings. The van der Waals surface area contributed by atoms with Gasteiger partial charge in [0, 0.05) is 18.2 Å². The quantitative estimate of drug-likeness (QED) is 0.861. The first-order chi connectivity index (χ1) is 10.4. The first-order valence-electron chi connectivity index (χ1n) is 7.52. The summed E-state index contributed by atoms with van der Waals surface area (Å²) in [5.74, 6) is 0. The van der Waals surface area contributed by atoms with E-state index in [4.69, 9.17) is 9.84 Å². The molecule has 2 aromatic rings. The molecule has 1 N–H and O–H groups in total. The molecule has 1 aromatic heterocycles. The van der Waals surface area contributed by atoms with Crippen molar-refractivity contribution in [3.63, 3.8) is 0 Å². The normalized spacial score (nSPS) is 12.2. The van der Waals surface area contributed by atoms with Crippen LogP contribution >= 0.6 is 0 Å². The Labute approximate surface area is 131 Å². The molecular formula is C18H23NO3. The molecule has 0 saturated heterocycles. The van der Waals surface area contributed by atoms with Crippen LogP contribution in [0.15, 0.2) is 36.5 Å². The van der Waals surface area contributed by atoms with Gasteiger partial charge in [0.05, 0.1) is 5.52 Å². The Morgan fingerprint density at radius 3 is 2.77 bits per heavy atom. The third kappa shape index (κ3) is 4.21. The van der Waals surface area contributed by atoms with E-state index in [0.29, 0.717) is 0 Å². The second-order valence-electron chi connectivity index (χ2n) is 6.25. The number of aliphatic hydroxyl groups excluding tert-OH is 1. The largest absolute Gasteiger partial charge is 0.443 e. The number of hydrogen-bond acceptors (Lipinski definition) is 3. The van der Waals surface area contributed by atoms with E-state index in [1.54, 1.807) is 6.20 Å². The Balaban J connectivity index is 2.20. The number of hydrogen-bond donors (Lipinski definition) is 1. The summed E-state index contributed by atoms with van der Waals surface area (Å²) in [4.78, 5) is 12.2. The summed E-state index contributed by atoms with van der Waals surface area (Å²) in [7, 11) is 0. The van der Waals surface area contributed by atoms with Gasteiger partial charge in [-0.1, -0.05) is 18.2 Å². The number of aromatic nitrogens is 1. The summed E-state index contributed by atoms with van der Waals surface area (Å²) in [6.07, 6.45) is 7.07. The summed E-state index contributed by atoms with van der Waals surface area (Å²) in [6, 6.07) is 7.83. The Hall–Kier alpha value is -2.07. The molecule has 1 aromatic carbocycles. The Kier molecular flexibility index (Phi) is 5.03. The molecule has 0 aliphatic carbocycles.